The quantitative estimate of drug-likeness (QED) is 0.0176. The molecule has 0 saturated carbocycles. The van der Waals surface area contributed by atoms with Gasteiger partial charge in [0.05, 0.1) is 5.56 Å². The topological polar surface area (TPSA) is 154 Å². The summed E-state index contributed by atoms with van der Waals surface area (Å²) in [6, 6.07) is 56.7. The lowest BCUT2D eigenvalue weighted by Crippen LogP contribution is -2.22. The predicted octanol–water partition coefficient (Wildman–Crippen LogP) is 19.3. The molecular weight excluding hydrogens is 1320 g/mol. The van der Waals surface area contributed by atoms with Gasteiger partial charge in [-0.15, -0.1) is 34.0 Å². The van der Waals surface area contributed by atoms with Crippen LogP contribution in [0.2, 0.25) is 0 Å². The van der Waals surface area contributed by atoms with Gasteiger partial charge in [-0.25, -0.2) is 4.39 Å². The van der Waals surface area contributed by atoms with E-state index in [2.05, 4.69) is 35.0 Å². The van der Waals surface area contributed by atoms with Gasteiger partial charge >= 0.3 is 6.18 Å². The molecule has 12 aromatic rings. The van der Waals surface area contributed by atoms with E-state index in [0.717, 1.165) is 102 Å². The van der Waals surface area contributed by atoms with E-state index in [4.69, 9.17) is 23.7 Å². The lowest BCUT2D eigenvalue weighted by atomic mass is 10.0. The maximum atomic E-state index is 14.3. The van der Waals surface area contributed by atoms with Gasteiger partial charge in [0.1, 0.15) is 68.2 Å². The molecule has 0 aliphatic heterocycles. The smallest absolute Gasteiger partial charge is 0.417 e. The Balaban J connectivity index is 0.620. The fraction of sp³-hybridized carbons (Fsp3) is 0.212. The van der Waals surface area contributed by atoms with E-state index < -0.39 is 28.9 Å². The van der Waals surface area contributed by atoms with Crippen LogP contribution in [-0.4, -0.2) is 74.9 Å². The molecule has 19 heteroatoms. The molecule has 0 amide bonds. The van der Waals surface area contributed by atoms with Crippen molar-refractivity contribution in [3.8, 4) is 51.7 Å². The highest BCUT2D eigenvalue weighted by molar-refractivity contribution is 7.22. The first kappa shape index (κ1) is 69.2. The fourth-order valence-electron chi connectivity index (χ4n) is 11.4. The lowest BCUT2D eigenvalue weighted by Gasteiger charge is -2.13. The van der Waals surface area contributed by atoms with E-state index in [-0.39, 0.29) is 27.9 Å². The van der Waals surface area contributed by atoms with E-state index in [9.17, 15) is 37.1 Å². The van der Waals surface area contributed by atoms with E-state index in [1.807, 2.05) is 97.9 Å². The number of rotatable bonds is 33. The van der Waals surface area contributed by atoms with Crippen molar-refractivity contribution in [2.75, 3.05) is 52.5 Å². The number of alkyl halides is 3. The Bertz CT molecular complexity index is 4780. The number of carbonyl (C=O) groups is 3. The number of ether oxygens (including phenoxy) is 5. The number of nitrogens with one attached hydrogen (secondary N) is 3. The average Bonchev–Trinajstić information content (AvgIpc) is 1.58. The van der Waals surface area contributed by atoms with Crippen LogP contribution in [0.3, 0.4) is 0 Å². The summed E-state index contributed by atoms with van der Waals surface area (Å²) < 4.78 is 90.5. The summed E-state index contributed by atoms with van der Waals surface area (Å²) in [6.07, 6.45) is 0.390. The molecule has 0 unspecified atom stereocenters. The number of carbonyl (C=O) groups excluding carboxylic acids is 3. The Morgan fingerprint density at radius 1 is 0.444 bits per heavy atom. The number of ketones is 3. The van der Waals surface area contributed by atoms with Crippen molar-refractivity contribution < 1.29 is 60.7 Å². The molecule has 0 bridgehead atoms. The van der Waals surface area contributed by atoms with Gasteiger partial charge in [-0.3, -0.25) is 14.4 Å². The van der Waals surface area contributed by atoms with Crippen LogP contribution in [0.15, 0.2) is 200 Å². The summed E-state index contributed by atoms with van der Waals surface area (Å²) in [6.45, 7) is 9.28. The predicted molar refractivity (Wildman–Crippen MR) is 386 cm³/mol. The van der Waals surface area contributed by atoms with Crippen molar-refractivity contribution in [3.63, 3.8) is 0 Å². The molecule has 3 aromatic heterocycles. The maximum Gasteiger partial charge on any atom is 0.417 e. The third kappa shape index (κ3) is 17.4. The Morgan fingerprint density at radius 2 is 0.838 bits per heavy atom. The number of hydrogen-bond donors (Lipinski definition) is 4. The molecule has 0 fully saturated rings. The number of aromatic hydroxyl groups is 1. The molecule has 0 aliphatic rings. The SMILES string of the molecule is CCNCCCc1ccc(Oc2c(C(=O)c3ccc(C)cc3)sc3cc(OCCNCCCc4ccc(Oc5c(C(=O)c6ccccc6C(F)(F)F)sc6cc(OCCNCCCc7ccc(Oc8c(C(=O)c9ccc(F)cc9)sc9cc(O)ccc89)cc7)ccc56)cc4)ccc23)cc1. The standard InChI is InChI=1S/C80H71F4N3O9S3/c1-3-85-40-6-9-51-16-29-59(30-17-51)95-75-65-38-35-61(48-69(65)98-78(75)71(89)54-22-14-50(2)15-23-54)92-45-43-86-42-8-11-53-20-33-60(34-21-53)96-76-66-39-36-62(49-70(66)99-79(76)73(91)63-12-4-5-13-67(63)80(82,83)84)93-46-44-87-41-7-10-52-18-31-58(32-19-52)94-74-64-37-28-57(88)47-68(64)97-77(74)72(90)55-24-26-56(81)27-25-55/h4-5,12-39,47-49,85-88H,3,6-11,40-46H2,1-2H3. The second-order valence-electron chi connectivity index (χ2n) is 23.8. The first-order valence-corrected chi connectivity index (χ1v) is 35.3. The molecular formula is C80H71F4N3O9S3. The number of benzene rings is 9. The minimum atomic E-state index is -4.77. The molecule has 0 saturated heterocycles. The van der Waals surface area contributed by atoms with Gasteiger partial charge < -0.3 is 44.7 Å². The van der Waals surface area contributed by atoms with Crippen LogP contribution in [0, 0.1) is 12.7 Å². The molecule has 99 heavy (non-hydrogen) atoms. The molecule has 0 atom stereocenters. The van der Waals surface area contributed by atoms with Crippen LogP contribution in [0.4, 0.5) is 17.6 Å². The van der Waals surface area contributed by atoms with Crippen LogP contribution >= 0.6 is 34.0 Å². The third-order valence-electron chi connectivity index (χ3n) is 16.6. The highest BCUT2D eigenvalue weighted by Gasteiger charge is 2.36. The minimum absolute atomic E-state index is 0.0261. The summed E-state index contributed by atoms with van der Waals surface area (Å²) in [5.41, 5.74) is 3.81. The molecule has 12 nitrogen and oxygen atoms in total. The van der Waals surface area contributed by atoms with Gasteiger partial charge in [0.25, 0.3) is 0 Å². The first-order chi connectivity index (χ1) is 48.1. The monoisotopic (exact) mass is 1390 g/mol. The molecule has 0 spiro atoms. The molecule has 3 heterocycles. The van der Waals surface area contributed by atoms with Gasteiger partial charge in [-0.05, 0) is 210 Å². The first-order valence-electron chi connectivity index (χ1n) is 32.8. The van der Waals surface area contributed by atoms with Crippen molar-refractivity contribution in [3.05, 3.63) is 265 Å². The van der Waals surface area contributed by atoms with Crippen molar-refractivity contribution in [1.29, 1.82) is 0 Å². The zero-order valence-corrected chi connectivity index (χ0v) is 56.9. The number of phenolic OH excluding ortho intramolecular Hbond substituents is 1. The van der Waals surface area contributed by atoms with E-state index in [1.165, 1.54) is 76.8 Å². The summed E-state index contributed by atoms with van der Waals surface area (Å²) in [4.78, 5) is 42.8. The van der Waals surface area contributed by atoms with Crippen molar-refractivity contribution in [2.24, 2.45) is 0 Å². The van der Waals surface area contributed by atoms with E-state index in [1.54, 1.807) is 42.5 Å². The Labute approximate surface area is 582 Å². The van der Waals surface area contributed by atoms with Gasteiger partial charge in [-0.1, -0.05) is 91.3 Å². The molecule has 506 valence electrons. The van der Waals surface area contributed by atoms with Crippen LogP contribution in [0.5, 0.6) is 51.7 Å². The average molecular weight is 1390 g/mol. The highest BCUT2D eigenvalue weighted by atomic mass is 32.1. The lowest BCUT2D eigenvalue weighted by molar-refractivity contribution is -0.137. The van der Waals surface area contributed by atoms with Crippen molar-refractivity contribution in [1.82, 2.24) is 16.0 Å². The number of fused-ring (bicyclic) bond motifs is 3. The number of halogens is 4. The maximum absolute atomic E-state index is 14.3. The highest BCUT2D eigenvalue weighted by Crippen LogP contribution is 2.47. The van der Waals surface area contributed by atoms with Gasteiger partial charge in [0.2, 0.25) is 17.3 Å². The summed E-state index contributed by atoms with van der Waals surface area (Å²) >= 11 is 3.63. The summed E-state index contributed by atoms with van der Waals surface area (Å²) in [7, 11) is 0. The second-order valence-corrected chi connectivity index (χ2v) is 26.9. The molecule has 9 aromatic carbocycles. The number of phenols is 1. The van der Waals surface area contributed by atoms with Gasteiger partial charge in [0.15, 0.2) is 17.2 Å². The molecule has 4 N–H and O–H groups in total. The van der Waals surface area contributed by atoms with Crippen LogP contribution < -0.4 is 39.6 Å². The molecule has 0 radical (unpaired) electrons. The van der Waals surface area contributed by atoms with Gasteiger partial charge in [-0.2, -0.15) is 13.2 Å². The van der Waals surface area contributed by atoms with Crippen molar-refractivity contribution in [2.45, 2.75) is 58.5 Å². The van der Waals surface area contributed by atoms with Gasteiger partial charge in [0, 0.05) is 60.0 Å². The zero-order chi connectivity index (χ0) is 68.8. The van der Waals surface area contributed by atoms with E-state index in [0.29, 0.717) is 114 Å². The Hall–Kier alpha value is -9.73. The largest absolute Gasteiger partial charge is 0.508 e. The molecule has 0 aliphatic carbocycles. The van der Waals surface area contributed by atoms with E-state index >= 15 is 0 Å². The number of aryl methyl sites for hydroxylation is 4. The second kappa shape index (κ2) is 32.3. The number of thiophene rings is 3. The Kier molecular flexibility index (Phi) is 22.6. The minimum Gasteiger partial charge on any atom is -0.508 e. The van der Waals surface area contributed by atoms with Crippen LogP contribution in [-0.2, 0) is 25.4 Å². The molecule has 12 rings (SSSR count). The van der Waals surface area contributed by atoms with Crippen molar-refractivity contribution >= 4 is 81.6 Å². The fourth-order valence-corrected chi connectivity index (χ4v) is 14.8. The third-order valence-corrected chi connectivity index (χ3v) is 20.0. The normalized spacial score (nSPS) is 11.6. The van der Waals surface area contributed by atoms with Crippen LogP contribution in [0.25, 0.3) is 30.3 Å². The Morgan fingerprint density at radius 3 is 1.28 bits per heavy atom. The van der Waals surface area contributed by atoms with Crippen LogP contribution in [0.1, 0.15) is 99.7 Å². The summed E-state index contributed by atoms with van der Waals surface area (Å²) in [5, 5.41) is 22.4. The summed E-state index contributed by atoms with van der Waals surface area (Å²) in [5.74, 6) is 2.22. The zero-order valence-electron chi connectivity index (χ0n) is 54.4. The number of hydrogen-bond acceptors (Lipinski definition) is 15.